The van der Waals surface area contributed by atoms with Crippen molar-refractivity contribution in [2.75, 3.05) is 26.0 Å². The highest BCUT2D eigenvalue weighted by Gasteiger charge is 2.06. The van der Waals surface area contributed by atoms with E-state index in [2.05, 4.69) is 6.07 Å². The second-order valence-corrected chi connectivity index (χ2v) is 4.97. The molecule has 90 valence electrons. The molecule has 2 nitrogen and oxygen atoms in total. The van der Waals surface area contributed by atoms with E-state index in [4.69, 9.17) is 22.1 Å². The van der Waals surface area contributed by atoms with Gasteiger partial charge in [0.2, 0.25) is 0 Å². The summed E-state index contributed by atoms with van der Waals surface area (Å²) in [6, 6.07) is 6.00. The van der Waals surface area contributed by atoms with Crippen LogP contribution in [0.1, 0.15) is 12.0 Å². The molecule has 0 spiro atoms. The van der Waals surface area contributed by atoms with Gasteiger partial charge in [0.1, 0.15) is 0 Å². The lowest BCUT2D eigenvalue weighted by Gasteiger charge is -2.10. The molecule has 0 aliphatic carbocycles. The maximum Gasteiger partial charge on any atom is 0.0544 e. The summed E-state index contributed by atoms with van der Waals surface area (Å²) in [6.07, 6.45) is 1.92. The molecule has 0 atom stereocenters. The molecule has 0 unspecified atom stereocenters. The van der Waals surface area contributed by atoms with Crippen LogP contribution >= 0.6 is 23.4 Å². The van der Waals surface area contributed by atoms with E-state index in [-0.39, 0.29) is 0 Å². The number of nitrogens with two attached hydrogens (primary N) is 1. The number of rotatable bonds is 7. The standard InChI is InChI=1S/C12H18ClNOS/c1-15-8-3-9-16-12-10(6-7-14)4-2-5-11(12)13/h2,4-5H,3,6-9,14H2,1H3. The van der Waals surface area contributed by atoms with Crippen LogP contribution in [-0.4, -0.2) is 26.0 Å². The smallest absolute Gasteiger partial charge is 0.0544 e. The average Bonchev–Trinajstić information content (AvgIpc) is 2.28. The maximum atomic E-state index is 6.19. The van der Waals surface area contributed by atoms with E-state index < -0.39 is 0 Å². The van der Waals surface area contributed by atoms with E-state index in [1.807, 2.05) is 12.1 Å². The third kappa shape index (κ3) is 4.34. The van der Waals surface area contributed by atoms with E-state index in [1.165, 1.54) is 10.5 Å². The first-order valence-electron chi connectivity index (χ1n) is 5.38. The van der Waals surface area contributed by atoms with Crippen LogP contribution in [0.3, 0.4) is 0 Å². The SMILES string of the molecule is COCCCSc1c(Cl)cccc1CCN. The predicted octanol–water partition coefficient (Wildman–Crippen LogP) is 2.97. The molecule has 16 heavy (non-hydrogen) atoms. The zero-order valence-electron chi connectivity index (χ0n) is 9.54. The Labute approximate surface area is 107 Å². The number of benzene rings is 1. The van der Waals surface area contributed by atoms with Gasteiger partial charge in [-0.3, -0.25) is 0 Å². The van der Waals surface area contributed by atoms with Gasteiger partial charge in [0.05, 0.1) is 5.02 Å². The van der Waals surface area contributed by atoms with Crippen molar-refractivity contribution in [2.24, 2.45) is 5.73 Å². The average molecular weight is 260 g/mol. The van der Waals surface area contributed by atoms with Crippen molar-refractivity contribution in [1.29, 1.82) is 0 Å². The summed E-state index contributed by atoms with van der Waals surface area (Å²) in [5.74, 6) is 1.02. The minimum Gasteiger partial charge on any atom is -0.385 e. The minimum absolute atomic E-state index is 0.659. The highest BCUT2D eigenvalue weighted by molar-refractivity contribution is 7.99. The minimum atomic E-state index is 0.659. The van der Waals surface area contributed by atoms with Gasteiger partial charge in [-0.15, -0.1) is 11.8 Å². The number of ether oxygens (including phenoxy) is 1. The lowest BCUT2D eigenvalue weighted by atomic mass is 10.1. The number of thioether (sulfide) groups is 1. The van der Waals surface area contributed by atoms with Crippen LogP contribution < -0.4 is 5.73 Å². The summed E-state index contributed by atoms with van der Waals surface area (Å²) in [5, 5.41) is 0.827. The third-order valence-electron chi connectivity index (χ3n) is 2.20. The second-order valence-electron chi connectivity index (χ2n) is 3.46. The van der Waals surface area contributed by atoms with Gasteiger partial charge in [0.25, 0.3) is 0 Å². The molecule has 0 heterocycles. The molecule has 2 N–H and O–H groups in total. The van der Waals surface area contributed by atoms with Gasteiger partial charge < -0.3 is 10.5 Å². The van der Waals surface area contributed by atoms with Crippen LogP contribution in [0.2, 0.25) is 5.02 Å². The summed E-state index contributed by atoms with van der Waals surface area (Å²) in [5.41, 5.74) is 6.83. The molecule has 1 aromatic carbocycles. The molecule has 0 saturated heterocycles. The molecule has 0 aliphatic heterocycles. The molecular weight excluding hydrogens is 242 g/mol. The van der Waals surface area contributed by atoms with Gasteiger partial charge in [-0.25, -0.2) is 0 Å². The van der Waals surface area contributed by atoms with Crippen LogP contribution in [0.25, 0.3) is 0 Å². The summed E-state index contributed by atoms with van der Waals surface area (Å²) < 4.78 is 5.02. The summed E-state index contributed by atoms with van der Waals surface area (Å²) >= 11 is 7.97. The lowest BCUT2D eigenvalue weighted by Crippen LogP contribution is -2.04. The second kappa shape index (κ2) is 7.96. The topological polar surface area (TPSA) is 35.2 Å². The van der Waals surface area contributed by atoms with Gasteiger partial charge >= 0.3 is 0 Å². The van der Waals surface area contributed by atoms with E-state index >= 15 is 0 Å². The van der Waals surface area contributed by atoms with Gasteiger partial charge in [-0.2, -0.15) is 0 Å². The molecule has 1 aromatic rings. The quantitative estimate of drug-likeness (QED) is 0.604. The Morgan fingerprint density at radius 1 is 1.44 bits per heavy atom. The largest absolute Gasteiger partial charge is 0.385 e. The fourth-order valence-electron chi connectivity index (χ4n) is 1.45. The zero-order valence-corrected chi connectivity index (χ0v) is 11.1. The first kappa shape index (κ1) is 13.8. The lowest BCUT2D eigenvalue weighted by molar-refractivity contribution is 0.200. The number of halogens is 1. The molecule has 4 heteroatoms. The first-order chi connectivity index (χ1) is 7.79. The van der Waals surface area contributed by atoms with E-state index in [0.29, 0.717) is 6.54 Å². The molecule has 0 fully saturated rings. The normalized spacial score (nSPS) is 10.7. The van der Waals surface area contributed by atoms with Gasteiger partial charge in [-0.1, -0.05) is 23.7 Å². The van der Waals surface area contributed by atoms with Crippen molar-refractivity contribution >= 4 is 23.4 Å². The van der Waals surface area contributed by atoms with Gasteiger partial charge in [0, 0.05) is 24.4 Å². The van der Waals surface area contributed by atoms with E-state index in [9.17, 15) is 0 Å². The fourth-order valence-corrected chi connectivity index (χ4v) is 2.83. The molecule has 0 aliphatic rings. The molecule has 0 aromatic heterocycles. The Morgan fingerprint density at radius 3 is 2.94 bits per heavy atom. The van der Waals surface area contributed by atoms with Crippen LogP contribution in [0.5, 0.6) is 0 Å². The molecular formula is C12H18ClNOS. The zero-order chi connectivity index (χ0) is 11.8. The third-order valence-corrected chi connectivity index (χ3v) is 3.89. The Morgan fingerprint density at radius 2 is 2.25 bits per heavy atom. The number of methoxy groups -OCH3 is 1. The molecule has 0 amide bonds. The highest BCUT2D eigenvalue weighted by atomic mass is 35.5. The molecule has 0 bridgehead atoms. The Kier molecular flexibility index (Phi) is 6.88. The van der Waals surface area contributed by atoms with Crippen LogP contribution in [0.4, 0.5) is 0 Å². The monoisotopic (exact) mass is 259 g/mol. The first-order valence-corrected chi connectivity index (χ1v) is 6.75. The van der Waals surface area contributed by atoms with Crippen LogP contribution in [-0.2, 0) is 11.2 Å². The summed E-state index contributed by atoms with van der Waals surface area (Å²) in [6.45, 7) is 1.45. The van der Waals surface area contributed by atoms with Crippen molar-refractivity contribution in [2.45, 2.75) is 17.7 Å². The van der Waals surface area contributed by atoms with Crippen molar-refractivity contribution in [3.8, 4) is 0 Å². The van der Waals surface area contributed by atoms with Gasteiger partial charge in [-0.05, 0) is 31.0 Å². The van der Waals surface area contributed by atoms with Crippen LogP contribution in [0.15, 0.2) is 23.1 Å². The maximum absolute atomic E-state index is 6.19. The Balaban J connectivity index is 2.61. The molecule has 0 radical (unpaired) electrons. The number of hydrogen-bond acceptors (Lipinski definition) is 3. The van der Waals surface area contributed by atoms with Crippen molar-refractivity contribution in [3.05, 3.63) is 28.8 Å². The van der Waals surface area contributed by atoms with Crippen molar-refractivity contribution in [1.82, 2.24) is 0 Å². The predicted molar refractivity (Wildman–Crippen MR) is 71.4 cm³/mol. The number of hydrogen-bond donors (Lipinski definition) is 1. The van der Waals surface area contributed by atoms with E-state index in [0.717, 1.165) is 30.2 Å². The Bertz CT molecular complexity index is 320. The summed E-state index contributed by atoms with van der Waals surface area (Å²) in [7, 11) is 1.72. The van der Waals surface area contributed by atoms with Crippen LogP contribution in [0, 0.1) is 0 Å². The Hall–Kier alpha value is -0.220. The van der Waals surface area contributed by atoms with Gasteiger partial charge in [0.15, 0.2) is 0 Å². The van der Waals surface area contributed by atoms with Crippen molar-refractivity contribution < 1.29 is 4.74 Å². The van der Waals surface area contributed by atoms with Crippen molar-refractivity contribution in [3.63, 3.8) is 0 Å². The fraction of sp³-hybridized carbons (Fsp3) is 0.500. The highest BCUT2D eigenvalue weighted by Crippen LogP contribution is 2.31. The summed E-state index contributed by atoms with van der Waals surface area (Å²) in [4.78, 5) is 1.17. The molecule has 1 rings (SSSR count). The molecule has 0 saturated carbocycles. The van der Waals surface area contributed by atoms with E-state index in [1.54, 1.807) is 18.9 Å².